The highest BCUT2D eigenvalue weighted by Crippen LogP contribution is 2.52. The number of benzene rings is 1. The normalized spacial score (nSPS) is 21.9. The van der Waals surface area contributed by atoms with Gasteiger partial charge in [0.05, 0.1) is 10.6 Å². The predicted molar refractivity (Wildman–Crippen MR) is 84.2 cm³/mol. The van der Waals surface area contributed by atoms with Crippen molar-refractivity contribution in [2.75, 3.05) is 0 Å². The average Bonchev–Trinajstić information content (AvgIpc) is 2.75. The monoisotopic (exact) mass is 312 g/mol. The van der Waals surface area contributed by atoms with Crippen LogP contribution < -0.4 is 0 Å². The van der Waals surface area contributed by atoms with E-state index in [-0.39, 0.29) is 29.3 Å². The smallest absolute Gasteiger partial charge is 0.269 e. The first kappa shape index (κ1) is 13.9. The Morgan fingerprint density at radius 2 is 1.52 bits per heavy atom. The summed E-state index contributed by atoms with van der Waals surface area (Å²) in [6.07, 6.45) is 7.20. The standard InChI is InChI=1S/C17H16N2O4/c20-16-14-10-2-1-3-11(5-4-10)15(14)17(21)18(16)12-6-8-13(9-7-12)19(22)23/h4-11,20-21H,1-3H2/t10-,11+. The van der Waals surface area contributed by atoms with Gasteiger partial charge in [-0.05, 0) is 25.0 Å². The Labute approximate surface area is 132 Å². The Morgan fingerprint density at radius 1 is 1.00 bits per heavy atom. The zero-order chi connectivity index (χ0) is 16.1. The number of allylic oxidation sites excluding steroid dienone is 2. The van der Waals surface area contributed by atoms with Crippen molar-refractivity contribution in [3.05, 3.63) is 57.7 Å². The molecule has 0 unspecified atom stereocenters. The van der Waals surface area contributed by atoms with Crippen molar-refractivity contribution in [3.8, 4) is 17.4 Å². The molecule has 1 aromatic carbocycles. The third-order valence-corrected chi connectivity index (χ3v) is 4.86. The number of fused-ring (bicyclic) bond motifs is 2. The maximum Gasteiger partial charge on any atom is 0.269 e. The van der Waals surface area contributed by atoms with Crippen LogP contribution in [0.5, 0.6) is 11.8 Å². The first-order valence-corrected chi connectivity index (χ1v) is 7.67. The van der Waals surface area contributed by atoms with Gasteiger partial charge in [0.25, 0.3) is 5.69 Å². The SMILES string of the molecule is O=[N+]([O-])c1ccc(-n2c(O)c3c(c2O)[C@H]2C=C[C@@H]3CCC2)cc1. The van der Waals surface area contributed by atoms with Gasteiger partial charge in [-0.15, -0.1) is 0 Å². The van der Waals surface area contributed by atoms with Crippen LogP contribution >= 0.6 is 0 Å². The first-order chi connectivity index (χ1) is 11.1. The topological polar surface area (TPSA) is 88.5 Å². The van der Waals surface area contributed by atoms with Crippen LogP contribution in [0.4, 0.5) is 5.69 Å². The van der Waals surface area contributed by atoms with Crippen LogP contribution in [0.3, 0.4) is 0 Å². The van der Waals surface area contributed by atoms with E-state index in [4.69, 9.17) is 0 Å². The second-order valence-electron chi connectivity index (χ2n) is 6.11. The molecule has 23 heavy (non-hydrogen) atoms. The summed E-state index contributed by atoms with van der Waals surface area (Å²) in [4.78, 5) is 10.3. The summed E-state index contributed by atoms with van der Waals surface area (Å²) < 4.78 is 1.38. The Kier molecular flexibility index (Phi) is 2.94. The van der Waals surface area contributed by atoms with Gasteiger partial charge in [0.2, 0.25) is 11.8 Å². The molecule has 0 aliphatic heterocycles. The molecule has 0 amide bonds. The molecule has 3 aliphatic carbocycles. The Bertz CT molecular complexity index is 783. The second-order valence-corrected chi connectivity index (χ2v) is 6.11. The van der Waals surface area contributed by atoms with Crippen molar-refractivity contribution in [3.63, 3.8) is 0 Å². The molecule has 6 nitrogen and oxygen atoms in total. The maximum absolute atomic E-state index is 10.8. The lowest BCUT2D eigenvalue weighted by molar-refractivity contribution is -0.384. The number of hydrogen-bond acceptors (Lipinski definition) is 4. The van der Waals surface area contributed by atoms with Gasteiger partial charge in [-0.1, -0.05) is 18.6 Å². The van der Waals surface area contributed by atoms with Gasteiger partial charge in [-0.3, -0.25) is 14.7 Å². The zero-order valence-corrected chi connectivity index (χ0v) is 12.3. The third-order valence-electron chi connectivity index (χ3n) is 4.86. The highest BCUT2D eigenvalue weighted by Gasteiger charge is 2.36. The van der Waals surface area contributed by atoms with Crippen LogP contribution in [0.2, 0.25) is 0 Å². The van der Waals surface area contributed by atoms with Crippen LogP contribution in [0.25, 0.3) is 5.69 Å². The minimum Gasteiger partial charge on any atom is -0.494 e. The van der Waals surface area contributed by atoms with Crippen LogP contribution in [-0.2, 0) is 0 Å². The number of nitro groups is 1. The third kappa shape index (κ3) is 1.94. The van der Waals surface area contributed by atoms with Crippen molar-refractivity contribution in [2.24, 2.45) is 0 Å². The van der Waals surface area contributed by atoms with Crippen molar-refractivity contribution >= 4 is 5.69 Å². The molecule has 2 atom stereocenters. The number of nitrogens with zero attached hydrogens (tertiary/aromatic N) is 2. The van der Waals surface area contributed by atoms with Crippen molar-refractivity contribution in [1.29, 1.82) is 0 Å². The molecule has 0 fully saturated rings. The molecule has 1 heterocycles. The first-order valence-electron chi connectivity index (χ1n) is 7.67. The molecule has 2 bridgehead atoms. The molecule has 3 aliphatic rings. The lowest BCUT2D eigenvalue weighted by Crippen LogP contribution is -2.02. The van der Waals surface area contributed by atoms with E-state index in [0.717, 1.165) is 30.4 Å². The van der Waals surface area contributed by atoms with Crippen molar-refractivity contribution < 1.29 is 15.1 Å². The minimum absolute atomic E-state index is 0.0248. The van der Waals surface area contributed by atoms with Crippen LogP contribution in [0, 0.1) is 10.1 Å². The summed E-state index contributed by atoms with van der Waals surface area (Å²) >= 11 is 0. The van der Waals surface area contributed by atoms with Crippen molar-refractivity contribution in [2.45, 2.75) is 31.1 Å². The molecular weight excluding hydrogens is 296 g/mol. The quantitative estimate of drug-likeness (QED) is 0.502. The molecule has 0 saturated carbocycles. The van der Waals surface area contributed by atoms with Gasteiger partial charge in [0.15, 0.2) is 0 Å². The molecule has 6 heteroatoms. The highest BCUT2D eigenvalue weighted by molar-refractivity contribution is 5.59. The lowest BCUT2D eigenvalue weighted by Gasteiger charge is -2.17. The minimum atomic E-state index is -0.474. The molecule has 5 rings (SSSR count). The molecular formula is C17H16N2O4. The molecule has 2 aromatic rings. The molecule has 0 spiro atoms. The summed E-state index contributed by atoms with van der Waals surface area (Å²) in [6.45, 7) is 0. The number of hydrogen-bond donors (Lipinski definition) is 2. The van der Waals surface area contributed by atoms with Gasteiger partial charge >= 0.3 is 0 Å². The lowest BCUT2D eigenvalue weighted by atomic mass is 9.86. The summed E-state index contributed by atoms with van der Waals surface area (Å²) in [6, 6.07) is 5.80. The number of non-ortho nitro benzene ring substituents is 1. The maximum atomic E-state index is 10.8. The van der Waals surface area contributed by atoms with E-state index in [0.29, 0.717) is 5.69 Å². The van der Waals surface area contributed by atoms with Gasteiger partial charge in [-0.2, -0.15) is 0 Å². The van der Waals surface area contributed by atoms with E-state index in [1.807, 2.05) is 0 Å². The second kappa shape index (κ2) is 4.87. The van der Waals surface area contributed by atoms with Gasteiger partial charge < -0.3 is 10.2 Å². The van der Waals surface area contributed by atoms with E-state index in [2.05, 4.69) is 12.2 Å². The Balaban J connectivity index is 1.87. The largest absolute Gasteiger partial charge is 0.494 e. The van der Waals surface area contributed by atoms with E-state index in [1.165, 1.54) is 28.8 Å². The number of aromatic hydroxyl groups is 2. The Morgan fingerprint density at radius 3 is 2.00 bits per heavy atom. The fourth-order valence-corrected chi connectivity index (χ4v) is 3.78. The predicted octanol–water partition coefficient (Wildman–Crippen LogP) is 3.72. The van der Waals surface area contributed by atoms with E-state index in [9.17, 15) is 20.3 Å². The fourth-order valence-electron chi connectivity index (χ4n) is 3.78. The molecule has 2 N–H and O–H groups in total. The summed E-state index contributed by atoms with van der Waals surface area (Å²) in [5.41, 5.74) is 2.08. The number of nitro benzene ring substituents is 1. The fraction of sp³-hybridized carbons (Fsp3) is 0.294. The van der Waals surface area contributed by atoms with E-state index in [1.54, 1.807) is 0 Å². The molecule has 0 radical (unpaired) electrons. The van der Waals surface area contributed by atoms with Gasteiger partial charge in [-0.25, -0.2) is 0 Å². The van der Waals surface area contributed by atoms with Gasteiger partial charge in [0.1, 0.15) is 0 Å². The zero-order valence-electron chi connectivity index (χ0n) is 12.3. The van der Waals surface area contributed by atoms with Crippen LogP contribution in [0.1, 0.15) is 42.2 Å². The average molecular weight is 312 g/mol. The Hall–Kier alpha value is -2.76. The summed E-state index contributed by atoms with van der Waals surface area (Å²) in [7, 11) is 0. The molecule has 1 aromatic heterocycles. The summed E-state index contributed by atoms with van der Waals surface area (Å²) in [5, 5.41) is 32.1. The summed E-state index contributed by atoms with van der Waals surface area (Å²) in [5.74, 6) is 0.308. The highest BCUT2D eigenvalue weighted by atomic mass is 16.6. The van der Waals surface area contributed by atoms with Crippen molar-refractivity contribution in [1.82, 2.24) is 4.57 Å². The molecule has 118 valence electrons. The van der Waals surface area contributed by atoms with Crippen LogP contribution in [0.15, 0.2) is 36.4 Å². The van der Waals surface area contributed by atoms with Gasteiger partial charge in [0, 0.05) is 35.1 Å². The molecule has 0 saturated heterocycles. The van der Waals surface area contributed by atoms with E-state index >= 15 is 0 Å². The van der Waals surface area contributed by atoms with E-state index < -0.39 is 4.92 Å². The number of aromatic nitrogens is 1. The number of rotatable bonds is 2. The van der Waals surface area contributed by atoms with Crippen LogP contribution in [-0.4, -0.2) is 19.7 Å².